The first-order chi connectivity index (χ1) is 12.0. The van der Waals surface area contributed by atoms with E-state index in [2.05, 4.69) is 19.9 Å². The van der Waals surface area contributed by atoms with Gasteiger partial charge in [-0.3, -0.25) is 19.6 Å². The minimum atomic E-state index is -0.673. The van der Waals surface area contributed by atoms with Gasteiger partial charge >= 0.3 is 5.69 Å². The molecule has 1 fully saturated rings. The first kappa shape index (κ1) is 17.1. The minimum absolute atomic E-state index is 0.0595. The van der Waals surface area contributed by atoms with Gasteiger partial charge in [0.1, 0.15) is 5.56 Å². The van der Waals surface area contributed by atoms with E-state index in [4.69, 9.17) is 0 Å². The third-order valence-corrected chi connectivity index (χ3v) is 4.25. The van der Waals surface area contributed by atoms with E-state index in [0.717, 1.165) is 30.6 Å². The van der Waals surface area contributed by atoms with Crippen molar-refractivity contribution in [1.29, 1.82) is 0 Å². The highest BCUT2D eigenvalue weighted by Gasteiger charge is 2.32. The number of likely N-dealkylation sites (tertiary alicyclic amines) is 1. The van der Waals surface area contributed by atoms with Gasteiger partial charge in [-0.1, -0.05) is 6.07 Å². The summed E-state index contributed by atoms with van der Waals surface area (Å²) in [5.41, 5.74) is 0.554. The highest BCUT2D eigenvalue weighted by Crippen LogP contribution is 2.31. The molecule has 2 aromatic heterocycles. The number of hydrogen-bond acceptors (Lipinski definition) is 5. The van der Waals surface area contributed by atoms with Crippen molar-refractivity contribution >= 4 is 5.91 Å². The highest BCUT2D eigenvalue weighted by molar-refractivity contribution is 5.94. The van der Waals surface area contributed by atoms with Crippen molar-refractivity contribution in [2.45, 2.75) is 25.4 Å². The van der Waals surface area contributed by atoms with Gasteiger partial charge in [0.2, 0.25) is 0 Å². The van der Waals surface area contributed by atoms with Crippen molar-refractivity contribution in [3.63, 3.8) is 0 Å². The van der Waals surface area contributed by atoms with Gasteiger partial charge in [-0.05, 0) is 38.6 Å². The van der Waals surface area contributed by atoms with Crippen LogP contribution in [0.1, 0.15) is 40.5 Å². The number of aromatic nitrogens is 3. The number of pyridine rings is 1. The topological polar surface area (TPSA) is 102 Å². The number of carbonyl (C=O) groups is 1. The van der Waals surface area contributed by atoms with Crippen molar-refractivity contribution in [1.82, 2.24) is 24.8 Å². The van der Waals surface area contributed by atoms with Gasteiger partial charge in [0.25, 0.3) is 11.5 Å². The second kappa shape index (κ2) is 7.02. The van der Waals surface area contributed by atoms with Gasteiger partial charge in [0.15, 0.2) is 0 Å². The standard InChI is InChI=1S/C17H21N5O3/c1-21(2)10-11-5-6-13(18-8-11)14-4-3-7-22(14)16(24)12-9-19-17(25)20-15(12)23/h5-6,8-9,14H,3-4,7,10H2,1-2H3,(H2,19,20,23,25). The molecule has 0 saturated carbocycles. The van der Waals surface area contributed by atoms with Gasteiger partial charge in [-0.2, -0.15) is 0 Å². The smallest absolute Gasteiger partial charge is 0.325 e. The normalized spacial score (nSPS) is 17.2. The van der Waals surface area contributed by atoms with E-state index in [9.17, 15) is 14.4 Å². The fourth-order valence-corrected chi connectivity index (χ4v) is 3.13. The van der Waals surface area contributed by atoms with Crippen molar-refractivity contribution in [2.75, 3.05) is 20.6 Å². The molecule has 0 aromatic carbocycles. The Kier molecular flexibility index (Phi) is 4.80. The average molecular weight is 343 g/mol. The third-order valence-electron chi connectivity index (χ3n) is 4.25. The molecule has 132 valence electrons. The van der Waals surface area contributed by atoms with E-state index >= 15 is 0 Å². The second-order valence-corrected chi connectivity index (χ2v) is 6.47. The van der Waals surface area contributed by atoms with Gasteiger partial charge in [0.05, 0.1) is 11.7 Å². The molecule has 3 heterocycles. The van der Waals surface area contributed by atoms with E-state index < -0.39 is 11.2 Å². The van der Waals surface area contributed by atoms with E-state index in [1.165, 1.54) is 6.20 Å². The Hall–Kier alpha value is -2.74. The fourth-order valence-electron chi connectivity index (χ4n) is 3.13. The molecule has 0 spiro atoms. The van der Waals surface area contributed by atoms with Crippen LogP contribution < -0.4 is 11.2 Å². The molecule has 1 amide bonds. The number of aromatic amines is 2. The Balaban J connectivity index is 1.83. The summed E-state index contributed by atoms with van der Waals surface area (Å²) in [5.74, 6) is -0.390. The largest absolute Gasteiger partial charge is 0.330 e. The molecule has 1 aliphatic heterocycles. The van der Waals surface area contributed by atoms with Crippen molar-refractivity contribution in [3.8, 4) is 0 Å². The zero-order chi connectivity index (χ0) is 18.0. The van der Waals surface area contributed by atoms with Crippen LogP contribution in [0.2, 0.25) is 0 Å². The molecule has 1 unspecified atom stereocenters. The molecule has 1 aliphatic rings. The summed E-state index contributed by atoms with van der Waals surface area (Å²) >= 11 is 0. The fraction of sp³-hybridized carbons (Fsp3) is 0.412. The third kappa shape index (κ3) is 3.69. The van der Waals surface area contributed by atoms with Crippen LogP contribution in [0.5, 0.6) is 0 Å². The van der Waals surface area contributed by atoms with E-state index in [1.54, 1.807) is 4.90 Å². The lowest BCUT2D eigenvalue weighted by atomic mass is 10.1. The van der Waals surface area contributed by atoms with Gasteiger partial charge < -0.3 is 14.8 Å². The zero-order valence-corrected chi connectivity index (χ0v) is 14.3. The van der Waals surface area contributed by atoms with Crippen molar-refractivity contribution in [2.24, 2.45) is 0 Å². The van der Waals surface area contributed by atoms with Crippen molar-refractivity contribution < 1.29 is 4.79 Å². The molecule has 0 radical (unpaired) electrons. The summed E-state index contributed by atoms with van der Waals surface area (Å²) in [6, 6.07) is 3.79. The molecule has 8 heteroatoms. The van der Waals surface area contributed by atoms with Gasteiger partial charge in [-0.15, -0.1) is 0 Å². The van der Waals surface area contributed by atoms with Gasteiger partial charge in [0, 0.05) is 25.5 Å². The van der Waals surface area contributed by atoms with Crippen LogP contribution in [0.3, 0.4) is 0 Å². The molecule has 2 N–H and O–H groups in total. The summed E-state index contributed by atoms with van der Waals surface area (Å²) in [6.45, 7) is 1.36. The molecule has 25 heavy (non-hydrogen) atoms. The van der Waals surface area contributed by atoms with E-state index in [1.807, 2.05) is 32.4 Å². The number of H-pyrrole nitrogens is 2. The summed E-state index contributed by atoms with van der Waals surface area (Å²) in [4.78, 5) is 48.4. The molecule has 2 aromatic rings. The summed E-state index contributed by atoms with van der Waals surface area (Å²) in [5, 5.41) is 0. The predicted octanol–water partition coefficient (Wildman–Crippen LogP) is 0.497. The van der Waals surface area contributed by atoms with Crippen LogP contribution in [0.4, 0.5) is 0 Å². The lowest BCUT2D eigenvalue weighted by Gasteiger charge is -2.24. The Morgan fingerprint density at radius 1 is 1.36 bits per heavy atom. The van der Waals surface area contributed by atoms with Crippen LogP contribution in [0.25, 0.3) is 0 Å². The highest BCUT2D eigenvalue weighted by atomic mass is 16.2. The number of rotatable bonds is 4. The molecule has 8 nitrogen and oxygen atoms in total. The van der Waals surface area contributed by atoms with Crippen LogP contribution in [-0.4, -0.2) is 51.3 Å². The molecular weight excluding hydrogens is 322 g/mol. The average Bonchev–Trinajstić information content (AvgIpc) is 3.04. The predicted molar refractivity (Wildman–Crippen MR) is 92.3 cm³/mol. The first-order valence-electron chi connectivity index (χ1n) is 8.18. The Morgan fingerprint density at radius 3 is 2.80 bits per heavy atom. The van der Waals surface area contributed by atoms with Gasteiger partial charge in [-0.25, -0.2) is 4.79 Å². The number of nitrogens with zero attached hydrogens (tertiary/aromatic N) is 3. The molecule has 0 aliphatic carbocycles. The molecule has 0 bridgehead atoms. The summed E-state index contributed by atoms with van der Waals surface area (Å²) in [6.07, 6.45) is 4.64. The maximum atomic E-state index is 12.7. The Morgan fingerprint density at radius 2 is 2.16 bits per heavy atom. The monoisotopic (exact) mass is 343 g/mol. The van der Waals surface area contributed by atoms with Crippen LogP contribution in [0, 0.1) is 0 Å². The number of nitrogens with one attached hydrogen (secondary N) is 2. The number of hydrogen-bond donors (Lipinski definition) is 2. The molecular formula is C17H21N5O3. The number of carbonyl (C=O) groups excluding carboxylic acids is 1. The maximum absolute atomic E-state index is 12.7. The van der Waals surface area contributed by atoms with Crippen LogP contribution in [0.15, 0.2) is 34.1 Å². The Labute approximate surface area is 144 Å². The Bertz CT molecular complexity index is 869. The first-order valence-corrected chi connectivity index (χ1v) is 8.18. The van der Waals surface area contributed by atoms with Crippen LogP contribution in [-0.2, 0) is 6.54 Å². The minimum Gasteiger partial charge on any atom is -0.330 e. The molecule has 1 atom stereocenters. The quantitative estimate of drug-likeness (QED) is 0.841. The van der Waals surface area contributed by atoms with Crippen molar-refractivity contribution in [3.05, 3.63) is 62.2 Å². The second-order valence-electron chi connectivity index (χ2n) is 6.47. The maximum Gasteiger partial charge on any atom is 0.325 e. The van der Waals surface area contributed by atoms with E-state index in [0.29, 0.717) is 6.54 Å². The lowest BCUT2D eigenvalue weighted by molar-refractivity contribution is 0.0730. The summed E-state index contributed by atoms with van der Waals surface area (Å²) in [7, 11) is 3.99. The molecule has 1 saturated heterocycles. The van der Waals surface area contributed by atoms with Crippen LogP contribution >= 0.6 is 0 Å². The SMILES string of the molecule is CN(C)Cc1ccc(C2CCCN2C(=O)c2c[nH]c(=O)[nH]c2=O)nc1. The van der Waals surface area contributed by atoms with E-state index in [-0.39, 0.29) is 17.5 Å². The molecule has 3 rings (SSSR count). The lowest BCUT2D eigenvalue weighted by Crippen LogP contribution is -2.36. The zero-order valence-electron chi connectivity index (χ0n) is 14.3. The summed E-state index contributed by atoms with van der Waals surface area (Å²) < 4.78 is 0. The number of amides is 1.